The summed E-state index contributed by atoms with van der Waals surface area (Å²) in [5.74, 6) is 0. The summed E-state index contributed by atoms with van der Waals surface area (Å²) in [7, 11) is 0. The summed E-state index contributed by atoms with van der Waals surface area (Å²) in [6.07, 6.45) is 1.13. The molecule has 3 heteroatoms. The third kappa shape index (κ3) is 5.14. The number of rotatable bonds is 7. The minimum atomic E-state index is 0.272. The molecule has 1 aromatic carbocycles. The Balaban J connectivity index is 2.10. The molecule has 0 spiro atoms. The Morgan fingerprint density at radius 3 is 2.56 bits per heavy atom. The molecule has 0 saturated carbocycles. The highest BCUT2D eigenvalue weighted by molar-refractivity contribution is 5.46. The molecule has 0 amide bonds. The van der Waals surface area contributed by atoms with E-state index in [1.54, 1.807) is 0 Å². The van der Waals surface area contributed by atoms with Crippen molar-refractivity contribution in [1.82, 2.24) is 0 Å². The predicted molar refractivity (Wildman–Crippen MR) is 66.5 cm³/mol. The molecule has 3 nitrogen and oxygen atoms in total. The Labute approximate surface area is 97.6 Å². The summed E-state index contributed by atoms with van der Waals surface area (Å²) in [6, 6.07) is 7.88. The normalized spacial score (nSPS) is 10.9. The maximum atomic E-state index is 5.82. The SMILES string of the molecule is CC(C)OCCOCCc1ccccc1N. The van der Waals surface area contributed by atoms with Crippen LogP contribution < -0.4 is 5.73 Å². The van der Waals surface area contributed by atoms with Gasteiger partial charge < -0.3 is 15.2 Å². The van der Waals surface area contributed by atoms with E-state index in [9.17, 15) is 0 Å². The van der Waals surface area contributed by atoms with Gasteiger partial charge in [0.05, 0.1) is 25.9 Å². The highest BCUT2D eigenvalue weighted by atomic mass is 16.5. The first-order valence-corrected chi connectivity index (χ1v) is 5.73. The molecule has 0 saturated heterocycles. The van der Waals surface area contributed by atoms with E-state index in [1.165, 1.54) is 0 Å². The summed E-state index contributed by atoms with van der Waals surface area (Å²) >= 11 is 0. The smallest absolute Gasteiger partial charge is 0.0703 e. The Bertz CT molecular complexity index is 300. The van der Waals surface area contributed by atoms with Crippen LogP contribution in [0.3, 0.4) is 0 Å². The lowest BCUT2D eigenvalue weighted by molar-refractivity contribution is 0.0204. The second-order valence-corrected chi connectivity index (χ2v) is 3.98. The van der Waals surface area contributed by atoms with Crippen LogP contribution in [0.1, 0.15) is 19.4 Å². The zero-order valence-electron chi connectivity index (χ0n) is 10.1. The van der Waals surface area contributed by atoms with Gasteiger partial charge >= 0.3 is 0 Å². The molecule has 0 fully saturated rings. The van der Waals surface area contributed by atoms with Crippen molar-refractivity contribution in [1.29, 1.82) is 0 Å². The van der Waals surface area contributed by atoms with Crippen LogP contribution in [0, 0.1) is 0 Å². The Kier molecular flexibility index (Phi) is 5.90. The van der Waals surface area contributed by atoms with Crippen LogP contribution in [0.25, 0.3) is 0 Å². The van der Waals surface area contributed by atoms with Crippen molar-refractivity contribution in [3.63, 3.8) is 0 Å². The molecule has 0 radical (unpaired) electrons. The summed E-state index contributed by atoms with van der Waals surface area (Å²) in [6.45, 7) is 6.03. The number of nitrogens with two attached hydrogens (primary N) is 1. The molecule has 1 aromatic rings. The van der Waals surface area contributed by atoms with Gasteiger partial charge in [0.25, 0.3) is 0 Å². The van der Waals surface area contributed by atoms with Crippen molar-refractivity contribution in [2.75, 3.05) is 25.6 Å². The molecule has 0 heterocycles. The molecule has 0 aliphatic rings. The lowest BCUT2D eigenvalue weighted by Gasteiger charge is -2.08. The van der Waals surface area contributed by atoms with Gasteiger partial charge in [-0.2, -0.15) is 0 Å². The van der Waals surface area contributed by atoms with E-state index in [0.29, 0.717) is 19.8 Å². The summed E-state index contributed by atoms with van der Waals surface area (Å²) < 4.78 is 10.8. The molecule has 2 N–H and O–H groups in total. The Morgan fingerprint density at radius 1 is 1.12 bits per heavy atom. The average Bonchev–Trinajstić information content (AvgIpc) is 2.25. The van der Waals surface area contributed by atoms with E-state index in [2.05, 4.69) is 0 Å². The predicted octanol–water partition coefficient (Wildman–Crippen LogP) is 2.25. The first kappa shape index (κ1) is 13.0. The van der Waals surface area contributed by atoms with Crippen molar-refractivity contribution in [2.24, 2.45) is 0 Å². The molecular weight excluding hydrogens is 202 g/mol. The highest BCUT2D eigenvalue weighted by Crippen LogP contribution is 2.10. The van der Waals surface area contributed by atoms with Crippen molar-refractivity contribution in [3.8, 4) is 0 Å². The molecule has 90 valence electrons. The fraction of sp³-hybridized carbons (Fsp3) is 0.538. The van der Waals surface area contributed by atoms with Gasteiger partial charge in [0.2, 0.25) is 0 Å². The molecule has 0 atom stereocenters. The molecule has 0 aliphatic heterocycles. The van der Waals surface area contributed by atoms with Gasteiger partial charge in [-0.25, -0.2) is 0 Å². The number of para-hydroxylation sites is 1. The summed E-state index contributed by atoms with van der Waals surface area (Å²) in [5.41, 5.74) is 7.80. The topological polar surface area (TPSA) is 44.5 Å². The number of hydrogen-bond acceptors (Lipinski definition) is 3. The maximum absolute atomic E-state index is 5.82. The van der Waals surface area contributed by atoms with Crippen LogP contribution in [0.4, 0.5) is 5.69 Å². The van der Waals surface area contributed by atoms with E-state index < -0.39 is 0 Å². The number of hydrogen-bond donors (Lipinski definition) is 1. The second kappa shape index (κ2) is 7.25. The first-order valence-electron chi connectivity index (χ1n) is 5.73. The van der Waals surface area contributed by atoms with Gasteiger partial charge in [0.15, 0.2) is 0 Å². The Hall–Kier alpha value is -1.06. The first-order chi connectivity index (χ1) is 7.70. The van der Waals surface area contributed by atoms with Crippen LogP contribution in [0.5, 0.6) is 0 Å². The molecule has 0 unspecified atom stereocenters. The van der Waals surface area contributed by atoms with Crippen LogP contribution in [0.2, 0.25) is 0 Å². The van der Waals surface area contributed by atoms with E-state index in [1.807, 2.05) is 38.1 Å². The van der Waals surface area contributed by atoms with E-state index in [4.69, 9.17) is 15.2 Å². The van der Waals surface area contributed by atoms with Crippen molar-refractivity contribution in [3.05, 3.63) is 29.8 Å². The minimum Gasteiger partial charge on any atom is -0.399 e. The third-order valence-corrected chi connectivity index (χ3v) is 2.25. The Morgan fingerprint density at radius 2 is 1.88 bits per heavy atom. The quantitative estimate of drug-likeness (QED) is 0.569. The highest BCUT2D eigenvalue weighted by Gasteiger charge is 1.98. The zero-order valence-corrected chi connectivity index (χ0v) is 10.1. The molecular formula is C13H21NO2. The summed E-state index contributed by atoms with van der Waals surface area (Å²) in [4.78, 5) is 0. The van der Waals surface area contributed by atoms with Crippen molar-refractivity contribution < 1.29 is 9.47 Å². The second-order valence-electron chi connectivity index (χ2n) is 3.98. The van der Waals surface area contributed by atoms with Gasteiger partial charge in [-0.3, -0.25) is 0 Å². The van der Waals surface area contributed by atoms with E-state index >= 15 is 0 Å². The number of anilines is 1. The van der Waals surface area contributed by atoms with Crippen molar-refractivity contribution in [2.45, 2.75) is 26.4 Å². The molecule has 0 aliphatic carbocycles. The van der Waals surface area contributed by atoms with E-state index in [-0.39, 0.29) is 6.10 Å². The van der Waals surface area contributed by atoms with Gasteiger partial charge in [0.1, 0.15) is 0 Å². The van der Waals surface area contributed by atoms with Gasteiger partial charge in [-0.15, -0.1) is 0 Å². The number of ether oxygens (including phenoxy) is 2. The van der Waals surface area contributed by atoms with Crippen LogP contribution >= 0.6 is 0 Å². The average molecular weight is 223 g/mol. The molecule has 0 aromatic heterocycles. The standard InChI is InChI=1S/C13H21NO2/c1-11(2)16-10-9-15-8-7-12-5-3-4-6-13(12)14/h3-6,11H,7-10,14H2,1-2H3. The molecule has 1 rings (SSSR count). The number of benzene rings is 1. The van der Waals surface area contributed by atoms with E-state index in [0.717, 1.165) is 17.7 Å². The lowest BCUT2D eigenvalue weighted by atomic mass is 10.1. The van der Waals surface area contributed by atoms with Crippen molar-refractivity contribution >= 4 is 5.69 Å². The third-order valence-electron chi connectivity index (χ3n) is 2.25. The van der Waals surface area contributed by atoms with Gasteiger partial charge in [-0.05, 0) is 31.9 Å². The van der Waals surface area contributed by atoms with Crippen LogP contribution in [0.15, 0.2) is 24.3 Å². The van der Waals surface area contributed by atoms with Gasteiger partial charge in [-0.1, -0.05) is 18.2 Å². The summed E-state index contributed by atoms with van der Waals surface area (Å²) in [5, 5.41) is 0. The molecule has 0 bridgehead atoms. The monoisotopic (exact) mass is 223 g/mol. The lowest BCUT2D eigenvalue weighted by Crippen LogP contribution is -2.11. The fourth-order valence-electron chi connectivity index (χ4n) is 1.39. The maximum Gasteiger partial charge on any atom is 0.0703 e. The van der Waals surface area contributed by atoms with Gasteiger partial charge in [0, 0.05) is 5.69 Å². The molecule has 16 heavy (non-hydrogen) atoms. The minimum absolute atomic E-state index is 0.272. The zero-order chi connectivity index (χ0) is 11.8. The largest absolute Gasteiger partial charge is 0.399 e. The van der Waals surface area contributed by atoms with Crippen LogP contribution in [-0.4, -0.2) is 25.9 Å². The fourth-order valence-corrected chi connectivity index (χ4v) is 1.39. The number of nitrogen functional groups attached to an aromatic ring is 1. The van der Waals surface area contributed by atoms with Crippen LogP contribution in [-0.2, 0) is 15.9 Å².